The Kier molecular flexibility index (Phi) is 32.4. The van der Waals surface area contributed by atoms with Crippen molar-refractivity contribution in [3.05, 3.63) is 69.4 Å². The number of halogens is 2. The number of rotatable bonds is 37. The average molecular weight is 1480 g/mol. The van der Waals surface area contributed by atoms with Crippen molar-refractivity contribution in [1.29, 1.82) is 5.26 Å². The number of ether oxygens (including phenoxy) is 3. The molecular formula is C67H93FIN13O14S. The number of aryl methyl sites for hydroxylation is 1. The Hall–Kier alpha value is -7.15. The monoisotopic (exact) mass is 1480 g/mol. The number of carbonyl (C=O) groups excluding carboxylic acids is 9. The summed E-state index contributed by atoms with van der Waals surface area (Å²) in [6.07, 6.45) is 8.28. The lowest BCUT2D eigenvalue weighted by Crippen LogP contribution is -2.49. The van der Waals surface area contributed by atoms with Gasteiger partial charge in [-0.3, -0.25) is 82.3 Å². The summed E-state index contributed by atoms with van der Waals surface area (Å²) in [7, 11) is 0. The van der Waals surface area contributed by atoms with Crippen molar-refractivity contribution in [3.63, 3.8) is 0 Å². The van der Waals surface area contributed by atoms with Crippen LogP contribution in [0.1, 0.15) is 99.9 Å². The molecule has 4 aliphatic heterocycles. The van der Waals surface area contributed by atoms with Gasteiger partial charge in [0, 0.05) is 144 Å². The van der Waals surface area contributed by atoms with Gasteiger partial charge < -0.3 is 45.1 Å². The van der Waals surface area contributed by atoms with Crippen LogP contribution in [0.3, 0.4) is 0 Å². The molecule has 0 bridgehead atoms. The first-order valence-electron chi connectivity index (χ1n) is 33.5. The van der Waals surface area contributed by atoms with Crippen LogP contribution in [0, 0.1) is 14.9 Å². The van der Waals surface area contributed by atoms with Crippen LogP contribution in [0.15, 0.2) is 54.7 Å². The number of alkyl halides is 1. The van der Waals surface area contributed by atoms with Gasteiger partial charge in [-0.2, -0.15) is 5.26 Å². The van der Waals surface area contributed by atoms with E-state index in [4.69, 9.17) is 14.2 Å². The highest BCUT2D eigenvalue weighted by atomic mass is 127. The second-order valence-corrected chi connectivity index (χ2v) is 27.9. The van der Waals surface area contributed by atoms with E-state index >= 15 is 0 Å². The molecule has 30 heteroatoms. The van der Waals surface area contributed by atoms with E-state index in [9.17, 15) is 62.7 Å². The lowest BCUT2D eigenvalue weighted by atomic mass is 10.1. The summed E-state index contributed by atoms with van der Waals surface area (Å²) in [4.78, 5) is 146. The van der Waals surface area contributed by atoms with E-state index in [1.165, 1.54) is 35.3 Å². The minimum Gasteiger partial charge on any atom is -0.494 e. The van der Waals surface area contributed by atoms with Crippen LogP contribution >= 0.6 is 34.4 Å². The van der Waals surface area contributed by atoms with Crippen LogP contribution in [0.25, 0.3) is 10.9 Å². The molecule has 3 aromatic rings. The van der Waals surface area contributed by atoms with Crippen molar-refractivity contribution in [3.8, 4) is 11.8 Å². The number of hydrogen-bond donors (Lipinski definition) is 4. The highest BCUT2D eigenvalue weighted by Crippen LogP contribution is 2.32. The van der Waals surface area contributed by atoms with Crippen molar-refractivity contribution in [2.45, 2.75) is 113 Å². The van der Waals surface area contributed by atoms with Crippen LogP contribution in [-0.2, 0) is 59.0 Å². The molecular weight excluding hydrogens is 1390 g/mol. The molecule has 4 saturated heterocycles. The van der Waals surface area contributed by atoms with Crippen LogP contribution < -0.4 is 20.7 Å². The molecule has 97 heavy (non-hydrogen) atoms. The summed E-state index contributed by atoms with van der Waals surface area (Å²) in [6, 6.07) is 16.1. The van der Waals surface area contributed by atoms with E-state index in [0.29, 0.717) is 141 Å². The van der Waals surface area contributed by atoms with Crippen molar-refractivity contribution >= 4 is 106 Å². The minimum absolute atomic E-state index is 0.00139. The predicted molar refractivity (Wildman–Crippen MR) is 367 cm³/mol. The molecule has 530 valence electrons. The maximum Gasteiger partial charge on any atom is 0.317 e. The molecule has 4 fully saturated rings. The molecule has 1 aromatic heterocycles. The predicted octanol–water partition coefficient (Wildman–Crippen LogP) is 3.12. The maximum absolute atomic E-state index is 14.6. The summed E-state index contributed by atoms with van der Waals surface area (Å²) in [5.74, 6) is -2.51. The molecule has 2 aromatic carbocycles. The average Bonchev–Trinajstić information content (AvgIpc) is 1.62. The molecule has 4 N–H and O–H groups in total. The van der Waals surface area contributed by atoms with E-state index in [-0.39, 0.29) is 106 Å². The lowest BCUT2D eigenvalue weighted by molar-refractivity contribution is -0.140. The summed E-state index contributed by atoms with van der Waals surface area (Å²) in [5, 5.41) is 27.5. The quantitative estimate of drug-likeness (QED) is 0.0279. The van der Waals surface area contributed by atoms with Gasteiger partial charge in [-0.05, 0) is 123 Å². The topological polar surface area (TPSA) is 317 Å². The SMILES string of the molecule is CC1(F)C[C@H](C#N)N(C(=O)CNC(=O)c2ccnc3ccc(OCCCCN4CCN(C(=O)CCCN5C(=O)CC(SC(CCCCCNC(=O)CCCc6ccc(I)cc6)CNC(=O)CN6CCN(COC=O)CCN(COC=O)CCN(CC(=O)O)CC6)C5=O)CC4)cc23)C1. The fourth-order valence-electron chi connectivity index (χ4n) is 12.2. The maximum atomic E-state index is 14.6. The summed E-state index contributed by atoms with van der Waals surface area (Å²) in [6.45, 7) is 8.65. The van der Waals surface area contributed by atoms with Crippen molar-refractivity contribution in [2.24, 2.45) is 0 Å². The molecule has 0 saturated carbocycles. The largest absolute Gasteiger partial charge is 0.494 e. The molecule has 0 radical (unpaired) electrons. The molecule has 4 aliphatic rings. The Morgan fingerprint density at radius 3 is 2.10 bits per heavy atom. The third-order valence-corrected chi connectivity index (χ3v) is 19.9. The first-order valence-corrected chi connectivity index (χ1v) is 35.5. The number of aromatic nitrogens is 1. The Morgan fingerprint density at radius 1 is 0.763 bits per heavy atom. The van der Waals surface area contributed by atoms with Gasteiger partial charge in [0.05, 0.1) is 55.2 Å². The van der Waals surface area contributed by atoms with Crippen LogP contribution in [0.2, 0.25) is 0 Å². The van der Waals surface area contributed by atoms with Gasteiger partial charge >= 0.3 is 5.97 Å². The van der Waals surface area contributed by atoms with Gasteiger partial charge in [-0.25, -0.2) is 4.39 Å². The van der Waals surface area contributed by atoms with Gasteiger partial charge in [0.25, 0.3) is 18.9 Å². The number of amides is 7. The number of fused-ring (bicyclic) bond motifs is 1. The second-order valence-electron chi connectivity index (χ2n) is 25.2. The summed E-state index contributed by atoms with van der Waals surface area (Å²) in [5.41, 5.74) is 0.348. The fourth-order valence-corrected chi connectivity index (χ4v) is 14.0. The number of unbranched alkanes of at least 4 members (excludes halogenated alkanes) is 3. The number of carboxylic acids is 1. The zero-order valence-electron chi connectivity index (χ0n) is 55.4. The van der Waals surface area contributed by atoms with Gasteiger partial charge in [-0.1, -0.05) is 25.0 Å². The first-order chi connectivity index (χ1) is 46.8. The number of aliphatic carboxylic acids is 1. The van der Waals surface area contributed by atoms with Crippen LogP contribution in [0.4, 0.5) is 4.39 Å². The number of pyridine rings is 1. The molecule has 7 rings (SSSR count). The van der Waals surface area contributed by atoms with E-state index in [2.05, 4.69) is 72.7 Å². The standard InChI is InChI=1S/C67H93FIN13O14S/c1-67(68)39-52(40-70)82(45-67)63(89)42-74-65(92)55-19-21-71-57-18-17-53(37-56(55)57)96-36-6-5-22-75-32-34-80(35-33-75)61(87)12-8-23-81-62(88)38-58(66(81)93)97-54(10-3-2-4-20-72-59(85)11-7-9-50-13-15-51(69)16-14-50)41-73-60(86)43-76-24-25-77(44-64(90)91)27-29-79(47-95-49-84)31-30-78(28-26-76)46-94-48-83/h13-19,21,37,48-49,52,54,58H,2-12,20,22-36,38-39,41-47H2,1H3,(H,72,85)(H,73,86)(H,74,92)(H,90,91)/t52-,54?,58?,67?/m1/s1. The molecule has 0 aliphatic carbocycles. The summed E-state index contributed by atoms with van der Waals surface area (Å²) >= 11 is 3.63. The molecule has 5 heterocycles. The number of benzene rings is 2. The van der Waals surface area contributed by atoms with E-state index in [1.54, 1.807) is 29.2 Å². The smallest absolute Gasteiger partial charge is 0.317 e. The van der Waals surface area contributed by atoms with E-state index < -0.39 is 41.3 Å². The third kappa shape index (κ3) is 26.6. The Bertz CT molecular complexity index is 3160. The first kappa shape index (κ1) is 77.2. The highest BCUT2D eigenvalue weighted by Gasteiger charge is 2.44. The Labute approximate surface area is 584 Å². The molecule has 4 atom stereocenters. The number of carboxylic acid groups (broad SMARTS) is 1. The number of nitriles is 1. The Morgan fingerprint density at radius 2 is 1.43 bits per heavy atom. The normalized spacial score (nSPS) is 19.9. The van der Waals surface area contributed by atoms with Crippen molar-refractivity contribution in [2.75, 3.05) is 151 Å². The number of carbonyl (C=O) groups is 10. The molecule has 0 spiro atoms. The number of thioether (sulfide) groups is 1. The van der Waals surface area contributed by atoms with E-state index in [0.717, 1.165) is 60.0 Å². The zero-order valence-corrected chi connectivity index (χ0v) is 58.4. The number of piperazine rings is 1. The number of nitrogens with one attached hydrogen (secondary N) is 3. The molecule has 27 nitrogen and oxygen atoms in total. The van der Waals surface area contributed by atoms with Crippen LogP contribution in [-0.4, -0.2) is 283 Å². The minimum atomic E-state index is -1.68. The van der Waals surface area contributed by atoms with Crippen molar-refractivity contribution in [1.82, 2.24) is 60.1 Å². The third-order valence-electron chi connectivity index (χ3n) is 17.7. The Balaban J connectivity index is 0.840. The van der Waals surface area contributed by atoms with Gasteiger partial charge in [-0.15, -0.1) is 11.8 Å². The molecule has 3 unspecified atom stereocenters. The number of nitrogens with zero attached hydrogens (tertiary/aromatic N) is 10. The number of imide groups is 1. The van der Waals surface area contributed by atoms with Crippen molar-refractivity contribution < 1.29 is 71.7 Å². The van der Waals surface area contributed by atoms with E-state index in [1.807, 2.05) is 25.7 Å². The van der Waals surface area contributed by atoms with Gasteiger partial charge in [0.15, 0.2) is 0 Å². The summed E-state index contributed by atoms with van der Waals surface area (Å²) < 4.78 is 31.9. The zero-order chi connectivity index (χ0) is 69.5. The number of hydrogen-bond acceptors (Lipinski definition) is 21. The van der Waals surface area contributed by atoms with Gasteiger partial charge in [0.1, 0.15) is 30.9 Å². The van der Waals surface area contributed by atoms with Gasteiger partial charge in [0.2, 0.25) is 35.4 Å². The number of likely N-dealkylation sites (tertiary alicyclic amines) is 2. The lowest BCUT2D eigenvalue weighted by Gasteiger charge is -2.35. The second kappa shape index (κ2) is 40.7. The highest BCUT2D eigenvalue weighted by molar-refractivity contribution is 14.1. The van der Waals surface area contributed by atoms with Crippen LogP contribution in [0.5, 0.6) is 5.75 Å². The fraction of sp³-hybridized carbons (Fsp3) is 0.612. The molecule has 7 amide bonds.